The fraction of sp³-hybridized carbons (Fsp3) is 0.263. The van der Waals surface area contributed by atoms with Crippen LogP contribution in [0, 0.1) is 3.57 Å². The van der Waals surface area contributed by atoms with Gasteiger partial charge in [-0.25, -0.2) is 5.43 Å². The lowest BCUT2D eigenvalue weighted by Crippen LogP contribution is -2.36. The monoisotopic (exact) mass is 465 g/mol. The molecule has 26 heavy (non-hydrogen) atoms. The number of hydrazone groups is 1. The van der Waals surface area contributed by atoms with Crippen LogP contribution < -0.4 is 15.1 Å². The zero-order chi connectivity index (χ0) is 18.4. The van der Waals surface area contributed by atoms with E-state index in [1.165, 1.54) is 5.69 Å². The molecule has 6 nitrogen and oxygen atoms in total. The van der Waals surface area contributed by atoms with Gasteiger partial charge in [-0.2, -0.15) is 5.10 Å². The number of benzene rings is 2. The third kappa shape index (κ3) is 4.73. The quantitative estimate of drug-likeness (QED) is 0.419. The van der Waals surface area contributed by atoms with Crippen LogP contribution in [0.25, 0.3) is 0 Å². The molecule has 1 aliphatic rings. The molecule has 0 spiro atoms. The maximum Gasteiger partial charge on any atom is 0.271 e. The summed E-state index contributed by atoms with van der Waals surface area (Å²) in [7, 11) is 1.58. The van der Waals surface area contributed by atoms with Crippen LogP contribution in [0.5, 0.6) is 5.75 Å². The summed E-state index contributed by atoms with van der Waals surface area (Å²) in [6, 6.07) is 13.3. The number of halogens is 1. The first-order valence-corrected chi connectivity index (χ1v) is 9.35. The van der Waals surface area contributed by atoms with Crippen molar-refractivity contribution in [1.82, 2.24) is 5.43 Å². The van der Waals surface area contributed by atoms with E-state index in [-0.39, 0.29) is 5.91 Å². The fourth-order valence-corrected chi connectivity index (χ4v) is 3.18. The van der Waals surface area contributed by atoms with Gasteiger partial charge in [0, 0.05) is 24.3 Å². The predicted octanol–water partition coefficient (Wildman–Crippen LogP) is 2.90. The van der Waals surface area contributed by atoms with E-state index in [0.717, 1.165) is 35.4 Å². The van der Waals surface area contributed by atoms with Gasteiger partial charge in [-0.15, -0.1) is 0 Å². The molecule has 0 bridgehead atoms. The number of amides is 1. The molecule has 0 radical (unpaired) electrons. The molecule has 1 heterocycles. The average molecular weight is 465 g/mol. The number of nitrogens with zero attached hydrogens (tertiary/aromatic N) is 2. The molecule has 1 aliphatic heterocycles. The molecule has 1 saturated heterocycles. The Kier molecular flexibility index (Phi) is 6.45. The van der Waals surface area contributed by atoms with Gasteiger partial charge < -0.3 is 14.4 Å². The highest BCUT2D eigenvalue weighted by Crippen LogP contribution is 2.21. The van der Waals surface area contributed by atoms with Crippen molar-refractivity contribution >= 4 is 40.4 Å². The molecule has 1 N–H and O–H groups in total. The van der Waals surface area contributed by atoms with E-state index < -0.39 is 0 Å². The molecule has 2 aromatic carbocycles. The summed E-state index contributed by atoms with van der Waals surface area (Å²) >= 11 is 2.16. The zero-order valence-electron chi connectivity index (χ0n) is 14.4. The maximum atomic E-state index is 12.2. The summed E-state index contributed by atoms with van der Waals surface area (Å²) in [5.74, 6) is 0.391. The topological polar surface area (TPSA) is 63.2 Å². The summed E-state index contributed by atoms with van der Waals surface area (Å²) in [4.78, 5) is 14.5. The summed E-state index contributed by atoms with van der Waals surface area (Å²) in [6.45, 7) is 3.34. The molecular formula is C19H20IN3O3. The lowest BCUT2D eigenvalue weighted by atomic mass is 10.2. The van der Waals surface area contributed by atoms with Gasteiger partial charge in [-0.3, -0.25) is 4.79 Å². The van der Waals surface area contributed by atoms with Crippen LogP contribution in [0.4, 0.5) is 5.69 Å². The molecule has 2 aromatic rings. The molecule has 0 aromatic heterocycles. The molecule has 3 rings (SSSR count). The third-order valence-electron chi connectivity index (χ3n) is 4.06. The first kappa shape index (κ1) is 18.7. The van der Waals surface area contributed by atoms with Crippen LogP contribution in [0.3, 0.4) is 0 Å². The highest BCUT2D eigenvalue weighted by atomic mass is 127. The highest BCUT2D eigenvalue weighted by molar-refractivity contribution is 14.1. The van der Waals surface area contributed by atoms with Crippen LogP contribution >= 0.6 is 22.6 Å². The van der Waals surface area contributed by atoms with E-state index in [4.69, 9.17) is 9.47 Å². The van der Waals surface area contributed by atoms with Gasteiger partial charge in [-0.1, -0.05) is 12.1 Å². The number of hydrogen-bond acceptors (Lipinski definition) is 5. The van der Waals surface area contributed by atoms with E-state index in [9.17, 15) is 4.79 Å². The summed E-state index contributed by atoms with van der Waals surface area (Å²) < 4.78 is 11.5. The van der Waals surface area contributed by atoms with Crippen LogP contribution in [0.15, 0.2) is 47.6 Å². The van der Waals surface area contributed by atoms with E-state index >= 15 is 0 Å². The largest absolute Gasteiger partial charge is 0.496 e. The number of ether oxygens (including phenoxy) is 2. The first-order valence-electron chi connectivity index (χ1n) is 8.27. The van der Waals surface area contributed by atoms with Gasteiger partial charge in [0.2, 0.25) is 0 Å². The summed E-state index contributed by atoms with van der Waals surface area (Å²) in [5.41, 5.74) is 5.13. The zero-order valence-corrected chi connectivity index (χ0v) is 16.6. The summed E-state index contributed by atoms with van der Waals surface area (Å²) in [6.07, 6.45) is 1.63. The number of carbonyl (C=O) groups is 1. The Balaban J connectivity index is 1.58. The van der Waals surface area contributed by atoms with Gasteiger partial charge in [0.15, 0.2) is 0 Å². The smallest absolute Gasteiger partial charge is 0.271 e. The second-order valence-corrected chi connectivity index (χ2v) is 6.90. The Morgan fingerprint density at radius 2 is 1.96 bits per heavy atom. The number of anilines is 1. The lowest BCUT2D eigenvalue weighted by Gasteiger charge is -2.28. The fourth-order valence-electron chi connectivity index (χ4n) is 2.62. The van der Waals surface area contributed by atoms with Crippen LogP contribution in [-0.4, -0.2) is 45.5 Å². The van der Waals surface area contributed by atoms with E-state index in [2.05, 4.69) is 50.2 Å². The Hall–Kier alpha value is -2.13. The van der Waals surface area contributed by atoms with Crippen molar-refractivity contribution in [3.8, 4) is 5.75 Å². The van der Waals surface area contributed by atoms with Crippen molar-refractivity contribution in [2.24, 2.45) is 5.10 Å². The highest BCUT2D eigenvalue weighted by Gasteiger charge is 2.11. The van der Waals surface area contributed by atoms with E-state index in [0.29, 0.717) is 11.3 Å². The Morgan fingerprint density at radius 1 is 1.23 bits per heavy atom. The maximum absolute atomic E-state index is 12.2. The number of methoxy groups -OCH3 is 1. The van der Waals surface area contributed by atoms with Crippen molar-refractivity contribution in [3.05, 3.63) is 57.2 Å². The van der Waals surface area contributed by atoms with Crippen molar-refractivity contribution in [3.63, 3.8) is 0 Å². The van der Waals surface area contributed by atoms with Gasteiger partial charge in [-0.05, 0) is 58.5 Å². The van der Waals surface area contributed by atoms with Crippen molar-refractivity contribution in [2.75, 3.05) is 38.3 Å². The van der Waals surface area contributed by atoms with Gasteiger partial charge in [0.25, 0.3) is 5.91 Å². The molecule has 0 atom stereocenters. The third-order valence-corrected chi connectivity index (χ3v) is 4.95. The number of carbonyl (C=O) groups excluding carboxylic acids is 1. The Morgan fingerprint density at radius 3 is 2.65 bits per heavy atom. The predicted molar refractivity (Wildman–Crippen MR) is 110 cm³/mol. The molecule has 7 heteroatoms. The number of rotatable bonds is 5. The normalized spacial score (nSPS) is 14.5. The molecule has 1 fully saturated rings. The molecule has 0 saturated carbocycles. The molecule has 0 unspecified atom stereocenters. The molecule has 136 valence electrons. The minimum atomic E-state index is -0.277. The van der Waals surface area contributed by atoms with Gasteiger partial charge in [0.1, 0.15) is 5.75 Å². The Bertz CT molecular complexity index is 787. The van der Waals surface area contributed by atoms with Crippen molar-refractivity contribution in [2.45, 2.75) is 0 Å². The molecule has 0 aliphatic carbocycles. The van der Waals surface area contributed by atoms with Crippen molar-refractivity contribution in [1.29, 1.82) is 0 Å². The summed E-state index contributed by atoms with van der Waals surface area (Å²) in [5, 5.41) is 4.04. The van der Waals surface area contributed by atoms with Crippen LogP contribution in [0.2, 0.25) is 0 Å². The van der Waals surface area contributed by atoms with E-state index in [1.54, 1.807) is 25.5 Å². The Labute approximate surface area is 166 Å². The average Bonchev–Trinajstić information content (AvgIpc) is 2.69. The first-order chi connectivity index (χ1) is 12.7. The molecular weight excluding hydrogens is 445 g/mol. The van der Waals surface area contributed by atoms with Gasteiger partial charge in [0.05, 0.1) is 30.1 Å². The number of morpholine rings is 1. The van der Waals surface area contributed by atoms with Crippen LogP contribution in [-0.2, 0) is 4.74 Å². The number of nitrogens with one attached hydrogen (secondary N) is 1. The molecule has 1 amide bonds. The van der Waals surface area contributed by atoms with Gasteiger partial charge >= 0.3 is 0 Å². The minimum absolute atomic E-state index is 0.277. The second-order valence-electron chi connectivity index (χ2n) is 5.74. The standard InChI is InChI=1S/C19H20IN3O3/c1-25-18-12-15(4-7-17(18)20)19(24)22-21-13-14-2-5-16(6-3-14)23-8-10-26-11-9-23/h2-7,12-13H,8-11H2,1H3,(H,22,24)/b21-13+. The van der Waals surface area contributed by atoms with E-state index in [1.807, 2.05) is 18.2 Å². The lowest BCUT2D eigenvalue weighted by molar-refractivity contribution is 0.0954. The minimum Gasteiger partial charge on any atom is -0.496 e. The second kappa shape index (κ2) is 9.00. The van der Waals surface area contributed by atoms with Crippen LogP contribution in [0.1, 0.15) is 15.9 Å². The van der Waals surface area contributed by atoms with Crippen molar-refractivity contribution < 1.29 is 14.3 Å². The SMILES string of the molecule is COc1cc(C(=O)N/N=C/c2ccc(N3CCOCC3)cc2)ccc1I. The number of hydrogen-bond donors (Lipinski definition) is 1.